The van der Waals surface area contributed by atoms with Crippen LogP contribution in [0.4, 0.5) is 39.5 Å². The van der Waals surface area contributed by atoms with Crippen molar-refractivity contribution < 1.29 is 63.4 Å². The van der Waals surface area contributed by atoms with E-state index in [1.165, 1.54) is 0 Å². The van der Waals surface area contributed by atoms with E-state index < -0.39 is 54.8 Å². The maximum Gasteiger partial charge on any atom is 0.460 e. The fourth-order valence-electron chi connectivity index (χ4n) is 3.44. The molecule has 36 heavy (non-hydrogen) atoms. The van der Waals surface area contributed by atoms with Gasteiger partial charge in [0.05, 0.1) is 27.6 Å². The molecular weight excluding hydrogens is 513 g/mol. The molecule has 0 saturated carbocycles. The number of carboxylic acid groups (broad SMARTS) is 1. The van der Waals surface area contributed by atoms with Gasteiger partial charge in [0.1, 0.15) is 6.54 Å². The number of hydrogen-bond donors (Lipinski definition) is 1. The Morgan fingerprint density at radius 2 is 1.19 bits per heavy atom. The van der Waals surface area contributed by atoms with Crippen molar-refractivity contribution >= 4 is 11.9 Å². The molecule has 0 bridgehead atoms. The Bertz CT molecular complexity index is 692. The summed E-state index contributed by atoms with van der Waals surface area (Å²) in [4.78, 5) is 22.9. The van der Waals surface area contributed by atoms with E-state index in [1.54, 1.807) is 0 Å². The number of rotatable bonds is 18. The van der Waals surface area contributed by atoms with Crippen molar-refractivity contribution in [1.82, 2.24) is 0 Å². The zero-order valence-corrected chi connectivity index (χ0v) is 20.6. The van der Waals surface area contributed by atoms with Crippen molar-refractivity contribution in [2.24, 2.45) is 0 Å². The largest absolute Gasteiger partial charge is 0.481 e. The third-order valence-corrected chi connectivity index (χ3v) is 5.28. The van der Waals surface area contributed by atoms with Crippen LogP contribution in [0.15, 0.2) is 0 Å². The predicted octanol–water partition coefficient (Wildman–Crippen LogP) is 6.45. The normalized spacial score (nSPS) is 14.6. The minimum Gasteiger partial charge on any atom is -0.481 e. The van der Waals surface area contributed by atoms with Crippen molar-refractivity contribution in [2.75, 3.05) is 27.7 Å². The first-order valence-electron chi connectivity index (χ1n) is 11.6. The summed E-state index contributed by atoms with van der Waals surface area (Å²) in [5, 5.41) is 8.94. The van der Waals surface area contributed by atoms with E-state index in [4.69, 9.17) is 9.84 Å². The zero-order chi connectivity index (χ0) is 28.4. The average molecular weight is 549 g/mol. The molecule has 214 valence electrons. The molecule has 0 amide bonds. The van der Waals surface area contributed by atoms with Crippen LogP contribution in [0.3, 0.4) is 0 Å². The van der Waals surface area contributed by atoms with Gasteiger partial charge in [0.25, 0.3) is 0 Å². The molecular formula is C22H35F9NO4+. The molecule has 0 aromatic heterocycles. The number of carbonyl (C=O) groups excluding carboxylic acids is 1. The zero-order valence-electron chi connectivity index (χ0n) is 20.6. The van der Waals surface area contributed by atoms with Crippen molar-refractivity contribution in [1.29, 1.82) is 0 Å². The minimum absolute atomic E-state index is 0.0488. The standard InChI is InChI=1S/C22H34F9NO4/c1-32(2,3)15-16(14-17(33)34)36-18(35)12-10-8-6-4-5-7-9-11-13-19(23,24)20(25,26)21(27,28)22(29,30)31/h16H,4-15H2,1-3H3/p+1. The quantitative estimate of drug-likeness (QED) is 0.0926. The molecule has 0 radical (unpaired) electrons. The Morgan fingerprint density at radius 3 is 1.61 bits per heavy atom. The van der Waals surface area contributed by atoms with Gasteiger partial charge in [-0.05, 0) is 12.8 Å². The molecule has 0 aliphatic heterocycles. The van der Waals surface area contributed by atoms with Crippen molar-refractivity contribution in [3.05, 3.63) is 0 Å². The van der Waals surface area contributed by atoms with Crippen LogP contribution < -0.4 is 0 Å². The van der Waals surface area contributed by atoms with E-state index in [0.29, 0.717) is 49.6 Å². The number of aliphatic carboxylic acids is 1. The number of unbranched alkanes of at least 4 members (excludes halogenated alkanes) is 7. The molecule has 14 heteroatoms. The molecule has 1 atom stereocenters. The predicted molar refractivity (Wildman–Crippen MR) is 112 cm³/mol. The molecule has 0 aromatic carbocycles. The highest BCUT2D eigenvalue weighted by atomic mass is 19.4. The summed E-state index contributed by atoms with van der Waals surface area (Å²) < 4.78 is 121. The van der Waals surface area contributed by atoms with E-state index in [1.807, 2.05) is 21.1 Å². The molecule has 5 nitrogen and oxygen atoms in total. The Hall–Kier alpha value is -1.73. The highest BCUT2D eigenvalue weighted by Gasteiger charge is 2.81. The number of esters is 1. The number of quaternary nitrogens is 1. The number of likely N-dealkylation sites (N-methyl/N-ethyl adjacent to an activating group) is 1. The molecule has 0 fully saturated rings. The van der Waals surface area contributed by atoms with Gasteiger partial charge in [0, 0.05) is 12.8 Å². The van der Waals surface area contributed by atoms with Gasteiger partial charge in [-0.1, -0.05) is 38.5 Å². The lowest BCUT2D eigenvalue weighted by atomic mass is 9.97. The summed E-state index contributed by atoms with van der Waals surface area (Å²) in [7, 11) is 5.49. The van der Waals surface area contributed by atoms with Gasteiger partial charge < -0.3 is 14.3 Å². The monoisotopic (exact) mass is 548 g/mol. The minimum atomic E-state index is -6.85. The van der Waals surface area contributed by atoms with E-state index in [2.05, 4.69) is 0 Å². The van der Waals surface area contributed by atoms with Crippen LogP contribution in [-0.4, -0.2) is 79.3 Å². The van der Waals surface area contributed by atoms with Crippen LogP contribution in [-0.2, 0) is 14.3 Å². The fraction of sp³-hybridized carbons (Fsp3) is 0.909. The number of ether oxygens (including phenoxy) is 1. The lowest BCUT2D eigenvalue weighted by Gasteiger charge is -2.33. The third kappa shape index (κ3) is 11.5. The Kier molecular flexibility index (Phi) is 13.1. The Balaban J connectivity index is 4.16. The molecule has 0 aliphatic carbocycles. The second-order valence-electron chi connectivity index (χ2n) is 9.86. The molecule has 0 saturated heterocycles. The van der Waals surface area contributed by atoms with E-state index in [0.717, 1.165) is 0 Å². The SMILES string of the molecule is C[N+](C)(C)CC(CC(=O)O)OC(=O)CCCCCCCCCCC(F)(F)C(F)(F)C(F)(F)C(F)(F)F. The first kappa shape index (κ1) is 34.3. The summed E-state index contributed by atoms with van der Waals surface area (Å²) in [6.45, 7) is 0.326. The van der Waals surface area contributed by atoms with Crippen molar-refractivity contribution in [3.63, 3.8) is 0 Å². The molecule has 0 aromatic rings. The van der Waals surface area contributed by atoms with E-state index >= 15 is 0 Å². The second kappa shape index (κ2) is 13.7. The number of carbonyl (C=O) groups is 2. The van der Waals surface area contributed by atoms with E-state index in [9.17, 15) is 49.1 Å². The number of hydrogen-bond acceptors (Lipinski definition) is 3. The summed E-state index contributed by atoms with van der Waals surface area (Å²) in [5.74, 6) is -20.5. The Labute approximate surface area is 204 Å². The Morgan fingerprint density at radius 1 is 0.750 bits per heavy atom. The molecule has 0 aliphatic rings. The van der Waals surface area contributed by atoms with Crippen LogP contribution in [0.25, 0.3) is 0 Å². The number of nitrogens with zero attached hydrogens (tertiary/aromatic N) is 1. The van der Waals surface area contributed by atoms with Crippen LogP contribution >= 0.6 is 0 Å². The fourth-order valence-corrected chi connectivity index (χ4v) is 3.44. The lowest BCUT2D eigenvalue weighted by molar-refractivity contribution is -0.873. The highest BCUT2D eigenvalue weighted by Crippen LogP contribution is 2.54. The number of carboxylic acids is 1. The van der Waals surface area contributed by atoms with Gasteiger partial charge in [0.15, 0.2) is 6.10 Å². The van der Waals surface area contributed by atoms with Gasteiger partial charge in [-0.3, -0.25) is 9.59 Å². The summed E-state index contributed by atoms with van der Waals surface area (Å²) in [5.41, 5.74) is 0. The van der Waals surface area contributed by atoms with E-state index in [-0.39, 0.29) is 19.3 Å². The van der Waals surface area contributed by atoms with Gasteiger partial charge in [0.2, 0.25) is 0 Å². The average Bonchev–Trinajstić information content (AvgIpc) is 2.66. The first-order valence-corrected chi connectivity index (χ1v) is 11.6. The van der Waals surface area contributed by atoms with Crippen molar-refractivity contribution in [2.45, 2.75) is 101 Å². The molecule has 1 N–H and O–H groups in total. The second-order valence-corrected chi connectivity index (χ2v) is 9.86. The number of alkyl halides is 9. The number of halogens is 9. The lowest BCUT2D eigenvalue weighted by Crippen LogP contribution is -2.60. The van der Waals surface area contributed by atoms with Gasteiger partial charge in [-0.15, -0.1) is 0 Å². The van der Waals surface area contributed by atoms with Crippen LogP contribution in [0.2, 0.25) is 0 Å². The molecule has 0 heterocycles. The summed E-state index contributed by atoms with van der Waals surface area (Å²) in [6.07, 6.45) is -7.16. The first-order chi connectivity index (χ1) is 16.1. The topological polar surface area (TPSA) is 63.6 Å². The van der Waals surface area contributed by atoms with Gasteiger partial charge in [-0.2, -0.15) is 39.5 Å². The van der Waals surface area contributed by atoms with Crippen LogP contribution in [0, 0.1) is 0 Å². The summed E-state index contributed by atoms with van der Waals surface area (Å²) in [6, 6.07) is 0. The maximum atomic E-state index is 13.4. The smallest absolute Gasteiger partial charge is 0.460 e. The van der Waals surface area contributed by atoms with Gasteiger partial charge in [-0.25, -0.2) is 0 Å². The van der Waals surface area contributed by atoms with Crippen LogP contribution in [0.5, 0.6) is 0 Å². The highest BCUT2D eigenvalue weighted by molar-refractivity contribution is 5.71. The maximum absolute atomic E-state index is 13.4. The molecule has 1 unspecified atom stereocenters. The van der Waals surface area contributed by atoms with Crippen molar-refractivity contribution in [3.8, 4) is 0 Å². The summed E-state index contributed by atoms with van der Waals surface area (Å²) >= 11 is 0. The van der Waals surface area contributed by atoms with Gasteiger partial charge >= 0.3 is 35.9 Å². The molecule has 0 spiro atoms. The van der Waals surface area contributed by atoms with Crippen LogP contribution in [0.1, 0.15) is 70.6 Å². The third-order valence-electron chi connectivity index (χ3n) is 5.28. The molecule has 0 rings (SSSR count).